The number of hydrogen-bond donors (Lipinski definition) is 2. The van der Waals surface area contributed by atoms with Crippen molar-refractivity contribution in [3.8, 4) is 0 Å². The number of aromatic carboxylic acids is 1. The highest BCUT2D eigenvalue weighted by Crippen LogP contribution is 2.60. The van der Waals surface area contributed by atoms with Gasteiger partial charge in [-0.05, 0) is 31.2 Å². The van der Waals surface area contributed by atoms with Gasteiger partial charge < -0.3 is 10.4 Å². The van der Waals surface area contributed by atoms with E-state index in [0.29, 0.717) is 5.69 Å². The summed E-state index contributed by atoms with van der Waals surface area (Å²) in [6, 6.07) is 5.33. The number of hydrogen-bond acceptors (Lipinski definition) is 2. The number of carbonyl (C=O) groups is 2. The number of carboxylic acid groups (broad SMARTS) is 1. The second-order valence-corrected chi connectivity index (χ2v) is 4.55. The quantitative estimate of drug-likeness (QED) is 0.871. The van der Waals surface area contributed by atoms with Crippen molar-refractivity contribution in [3.05, 3.63) is 29.8 Å². The van der Waals surface area contributed by atoms with Gasteiger partial charge in [0.25, 0.3) is 5.92 Å². The zero-order valence-corrected chi connectivity index (χ0v) is 9.54. The number of halogens is 2. The Bertz CT molecular complexity index is 513. The third-order valence-electron chi connectivity index (χ3n) is 3.15. The minimum Gasteiger partial charge on any atom is -0.478 e. The third-order valence-corrected chi connectivity index (χ3v) is 3.15. The molecule has 1 atom stereocenters. The molecule has 0 aliphatic heterocycles. The van der Waals surface area contributed by atoms with Crippen LogP contribution in [-0.4, -0.2) is 22.9 Å². The Labute approximate surface area is 102 Å². The molecule has 1 aromatic carbocycles. The number of amides is 1. The first kappa shape index (κ1) is 12.5. The average Bonchev–Trinajstić information content (AvgIpc) is 2.80. The van der Waals surface area contributed by atoms with Gasteiger partial charge in [-0.2, -0.15) is 0 Å². The van der Waals surface area contributed by atoms with Crippen LogP contribution < -0.4 is 5.32 Å². The molecule has 1 aromatic rings. The van der Waals surface area contributed by atoms with Gasteiger partial charge in [0.1, 0.15) is 5.41 Å². The molecule has 1 aliphatic carbocycles. The molecular formula is C12H11F2NO3. The lowest BCUT2D eigenvalue weighted by Gasteiger charge is -2.11. The van der Waals surface area contributed by atoms with Crippen LogP contribution in [0.3, 0.4) is 0 Å². The van der Waals surface area contributed by atoms with Crippen molar-refractivity contribution in [1.82, 2.24) is 0 Å². The molecule has 2 N–H and O–H groups in total. The molecule has 1 amide bonds. The fourth-order valence-corrected chi connectivity index (χ4v) is 1.61. The minimum atomic E-state index is -2.96. The van der Waals surface area contributed by atoms with E-state index in [1.54, 1.807) is 0 Å². The molecule has 1 fully saturated rings. The van der Waals surface area contributed by atoms with Gasteiger partial charge in [0.15, 0.2) is 0 Å². The normalized spacial score (nSPS) is 24.4. The van der Waals surface area contributed by atoms with Crippen LogP contribution in [0.1, 0.15) is 23.7 Å². The van der Waals surface area contributed by atoms with Crippen LogP contribution in [0.25, 0.3) is 0 Å². The lowest BCUT2D eigenvalue weighted by Crippen LogP contribution is -2.26. The van der Waals surface area contributed by atoms with E-state index in [1.807, 2.05) is 0 Å². The smallest absolute Gasteiger partial charge is 0.335 e. The van der Waals surface area contributed by atoms with Crippen molar-refractivity contribution in [1.29, 1.82) is 0 Å². The summed E-state index contributed by atoms with van der Waals surface area (Å²) in [5.74, 6) is -4.80. The van der Waals surface area contributed by atoms with E-state index in [4.69, 9.17) is 5.11 Å². The highest BCUT2D eigenvalue weighted by atomic mass is 19.3. The van der Waals surface area contributed by atoms with Gasteiger partial charge in [-0.1, -0.05) is 0 Å². The van der Waals surface area contributed by atoms with Crippen molar-refractivity contribution in [2.24, 2.45) is 5.41 Å². The van der Waals surface area contributed by atoms with E-state index >= 15 is 0 Å². The van der Waals surface area contributed by atoms with E-state index < -0.39 is 29.6 Å². The van der Waals surface area contributed by atoms with Crippen molar-refractivity contribution < 1.29 is 23.5 Å². The highest BCUT2D eigenvalue weighted by Gasteiger charge is 2.72. The summed E-state index contributed by atoms with van der Waals surface area (Å²) in [7, 11) is 0. The monoisotopic (exact) mass is 255 g/mol. The molecule has 4 nitrogen and oxygen atoms in total. The summed E-state index contributed by atoms with van der Waals surface area (Å²) >= 11 is 0. The molecule has 0 heterocycles. The molecule has 0 aromatic heterocycles. The molecule has 6 heteroatoms. The first-order valence-electron chi connectivity index (χ1n) is 5.29. The van der Waals surface area contributed by atoms with Gasteiger partial charge in [-0.3, -0.25) is 4.79 Å². The number of rotatable bonds is 3. The van der Waals surface area contributed by atoms with E-state index in [9.17, 15) is 18.4 Å². The van der Waals surface area contributed by atoms with Gasteiger partial charge in [0.05, 0.1) is 5.56 Å². The Morgan fingerprint density at radius 1 is 1.28 bits per heavy atom. The molecule has 0 radical (unpaired) electrons. The Hall–Kier alpha value is -1.98. The van der Waals surface area contributed by atoms with Crippen LogP contribution in [0.5, 0.6) is 0 Å². The third kappa shape index (κ3) is 1.94. The lowest BCUT2D eigenvalue weighted by atomic mass is 10.1. The van der Waals surface area contributed by atoms with E-state index in [1.165, 1.54) is 31.2 Å². The predicted octanol–water partition coefficient (Wildman–Crippen LogP) is 2.37. The number of nitrogens with one attached hydrogen (secondary N) is 1. The van der Waals surface area contributed by atoms with Crippen LogP contribution in [-0.2, 0) is 4.79 Å². The predicted molar refractivity (Wildman–Crippen MR) is 59.7 cm³/mol. The fourth-order valence-electron chi connectivity index (χ4n) is 1.61. The van der Waals surface area contributed by atoms with Gasteiger partial charge in [0, 0.05) is 12.1 Å². The van der Waals surface area contributed by atoms with E-state index in [0.717, 1.165) is 0 Å². The molecular weight excluding hydrogens is 244 g/mol. The Morgan fingerprint density at radius 3 is 2.17 bits per heavy atom. The molecule has 2 rings (SSSR count). The van der Waals surface area contributed by atoms with Gasteiger partial charge in [-0.25, -0.2) is 13.6 Å². The average molecular weight is 255 g/mol. The number of alkyl halides is 2. The highest BCUT2D eigenvalue weighted by molar-refractivity contribution is 5.98. The topological polar surface area (TPSA) is 66.4 Å². The van der Waals surface area contributed by atoms with Crippen LogP contribution in [0.2, 0.25) is 0 Å². The van der Waals surface area contributed by atoms with Crippen molar-refractivity contribution >= 4 is 17.6 Å². The maximum Gasteiger partial charge on any atom is 0.335 e. The summed E-state index contributed by atoms with van der Waals surface area (Å²) in [6.07, 6.45) is -0.459. The molecule has 18 heavy (non-hydrogen) atoms. The molecule has 0 spiro atoms. The summed E-state index contributed by atoms with van der Waals surface area (Å²) < 4.78 is 25.9. The summed E-state index contributed by atoms with van der Waals surface area (Å²) in [4.78, 5) is 22.2. The zero-order valence-electron chi connectivity index (χ0n) is 9.54. The molecule has 0 bridgehead atoms. The Kier molecular flexibility index (Phi) is 2.61. The number of carbonyl (C=O) groups excluding carboxylic acids is 1. The minimum absolute atomic E-state index is 0.0657. The Balaban J connectivity index is 2.07. The standard InChI is InChI=1S/C12H11F2NO3/c1-11(6-12(11,13)14)10(18)15-8-4-2-7(3-5-8)9(16)17/h2-5H,6H2,1H3,(H,15,18)(H,16,17)/t11-/m0/s1. The van der Waals surface area contributed by atoms with E-state index in [-0.39, 0.29) is 5.56 Å². The maximum absolute atomic E-state index is 13.0. The molecule has 96 valence electrons. The molecule has 1 saturated carbocycles. The fraction of sp³-hybridized carbons (Fsp3) is 0.333. The van der Waals surface area contributed by atoms with Crippen molar-refractivity contribution in [2.45, 2.75) is 19.3 Å². The molecule has 1 aliphatic rings. The molecule has 0 unspecified atom stereocenters. The molecule has 0 saturated heterocycles. The maximum atomic E-state index is 13.0. The first-order chi connectivity index (χ1) is 8.26. The van der Waals surface area contributed by atoms with Crippen LogP contribution in [0.15, 0.2) is 24.3 Å². The second-order valence-electron chi connectivity index (χ2n) is 4.55. The van der Waals surface area contributed by atoms with Crippen molar-refractivity contribution in [2.75, 3.05) is 5.32 Å². The number of anilines is 1. The number of benzene rings is 1. The first-order valence-corrected chi connectivity index (χ1v) is 5.29. The Morgan fingerprint density at radius 2 is 1.78 bits per heavy atom. The number of carboxylic acids is 1. The summed E-state index contributed by atoms with van der Waals surface area (Å²) in [6.45, 7) is 1.20. The SMILES string of the molecule is C[C@@]1(C(=O)Nc2ccc(C(=O)O)cc2)CC1(F)F. The van der Waals surface area contributed by atoms with Gasteiger partial charge >= 0.3 is 5.97 Å². The summed E-state index contributed by atoms with van der Waals surface area (Å²) in [5, 5.41) is 11.0. The van der Waals surface area contributed by atoms with Crippen molar-refractivity contribution in [3.63, 3.8) is 0 Å². The lowest BCUT2D eigenvalue weighted by molar-refractivity contribution is -0.123. The largest absolute Gasteiger partial charge is 0.478 e. The van der Waals surface area contributed by atoms with Crippen LogP contribution in [0, 0.1) is 5.41 Å². The van der Waals surface area contributed by atoms with Crippen LogP contribution >= 0.6 is 0 Å². The zero-order chi connectivity index (χ0) is 13.6. The van der Waals surface area contributed by atoms with Gasteiger partial charge in [-0.15, -0.1) is 0 Å². The van der Waals surface area contributed by atoms with E-state index in [2.05, 4.69) is 5.32 Å². The summed E-state index contributed by atoms with van der Waals surface area (Å²) in [5.41, 5.74) is -1.29. The second kappa shape index (κ2) is 3.76. The van der Waals surface area contributed by atoms with Crippen LogP contribution in [0.4, 0.5) is 14.5 Å². The van der Waals surface area contributed by atoms with Gasteiger partial charge in [0.2, 0.25) is 5.91 Å².